The van der Waals surface area contributed by atoms with Crippen LogP contribution in [0.1, 0.15) is 20.3 Å². The van der Waals surface area contributed by atoms with E-state index in [9.17, 15) is 9.59 Å². The van der Waals surface area contributed by atoms with Gasteiger partial charge in [0.1, 0.15) is 0 Å². The summed E-state index contributed by atoms with van der Waals surface area (Å²) in [6, 6.07) is 0. The molecule has 0 bridgehead atoms. The lowest BCUT2D eigenvalue weighted by Gasteiger charge is -2.11. The second-order valence-electron chi connectivity index (χ2n) is 3.53. The highest BCUT2D eigenvalue weighted by Gasteiger charge is 2.12. The van der Waals surface area contributed by atoms with E-state index in [1.54, 1.807) is 7.05 Å². The van der Waals surface area contributed by atoms with E-state index in [0.29, 0.717) is 13.1 Å². The molecular weight excluding hydrogens is 194 g/mol. The predicted octanol–water partition coefficient (Wildman–Crippen LogP) is -0.516. The molecule has 0 aromatic rings. The van der Waals surface area contributed by atoms with Crippen molar-refractivity contribution >= 4 is 11.8 Å². The third-order valence-corrected chi connectivity index (χ3v) is 1.95. The van der Waals surface area contributed by atoms with Gasteiger partial charge < -0.3 is 16.0 Å². The third-order valence-electron chi connectivity index (χ3n) is 1.95. The van der Waals surface area contributed by atoms with Crippen molar-refractivity contribution in [3.8, 4) is 0 Å². The van der Waals surface area contributed by atoms with E-state index in [0.717, 1.165) is 6.42 Å². The van der Waals surface area contributed by atoms with Crippen molar-refractivity contribution in [3.05, 3.63) is 0 Å². The molecule has 1 unspecified atom stereocenters. The number of hydrogen-bond acceptors (Lipinski definition) is 3. The zero-order valence-electron chi connectivity index (χ0n) is 9.72. The molecule has 0 saturated carbocycles. The minimum absolute atomic E-state index is 0.0624. The van der Waals surface area contributed by atoms with Gasteiger partial charge in [0.25, 0.3) is 0 Å². The van der Waals surface area contributed by atoms with Crippen LogP contribution in [0.4, 0.5) is 0 Å². The molecule has 0 radical (unpaired) electrons. The summed E-state index contributed by atoms with van der Waals surface area (Å²) in [6.07, 6.45) is 0.899. The van der Waals surface area contributed by atoms with Crippen LogP contribution in [0.2, 0.25) is 0 Å². The SMILES string of the molecule is CCCNC(=O)CNC(=O)C(C)CNC. The molecule has 1 atom stereocenters. The maximum Gasteiger partial charge on any atom is 0.239 e. The van der Waals surface area contributed by atoms with Crippen LogP contribution < -0.4 is 16.0 Å². The van der Waals surface area contributed by atoms with Crippen molar-refractivity contribution in [3.63, 3.8) is 0 Å². The Labute approximate surface area is 91.0 Å². The molecule has 0 aliphatic carbocycles. The molecule has 0 aliphatic rings. The van der Waals surface area contributed by atoms with Crippen LogP contribution in [0.15, 0.2) is 0 Å². The Kier molecular flexibility index (Phi) is 7.62. The van der Waals surface area contributed by atoms with Crippen LogP contribution in [-0.2, 0) is 9.59 Å². The standard InChI is InChI=1S/C10H21N3O2/c1-4-5-12-9(14)7-13-10(15)8(2)6-11-3/h8,11H,4-7H2,1-3H3,(H,12,14)(H,13,15). The smallest absolute Gasteiger partial charge is 0.239 e. The summed E-state index contributed by atoms with van der Waals surface area (Å²) >= 11 is 0. The van der Waals surface area contributed by atoms with Gasteiger partial charge in [-0.05, 0) is 13.5 Å². The van der Waals surface area contributed by atoms with E-state index in [-0.39, 0.29) is 24.3 Å². The Balaban J connectivity index is 3.65. The van der Waals surface area contributed by atoms with Crippen molar-refractivity contribution in [2.24, 2.45) is 5.92 Å². The van der Waals surface area contributed by atoms with Crippen LogP contribution in [0.25, 0.3) is 0 Å². The quantitative estimate of drug-likeness (QED) is 0.535. The third kappa shape index (κ3) is 6.90. The summed E-state index contributed by atoms with van der Waals surface area (Å²) in [5, 5.41) is 8.18. The highest BCUT2D eigenvalue weighted by molar-refractivity contribution is 5.85. The van der Waals surface area contributed by atoms with Crippen molar-refractivity contribution < 1.29 is 9.59 Å². The van der Waals surface area contributed by atoms with Crippen molar-refractivity contribution in [1.29, 1.82) is 0 Å². The number of carbonyl (C=O) groups excluding carboxylic acids is 2. The maximum absolute atomic E-state index is 11.4. The molecule has 0 spiro atoms. The van der Waals surface area contributed by atoms with Gasteiger partial charge in [0.2, 0.25) is 11.8 Å². The molecule has 0 aliphatic heterocycles. The van der Waals surface area contributed by atoms with Gasteiger partial charge in [-0.3, -0.25) is 9.59 Å². The summed E-state index contributed by atoms with van der Waals surface area (Å²) in [5.74, 6) is -0.355. The summed E-state index contributed by atoms with van der Waals surface area (Å²) < 4.78 is 0. The van der Waals surface area contributed by atoms with Gasteiger partial charge in [0, 0.05) is 19.0 Å². The molecule has 0 saturated heterocycles. The van der Waals surface area contributed by atoms with Crippen molar-refractivity contribution in [2.45, 2.75) is 20.3 Å². The van der Waals surface area contributed by atoms with Gasteiger partial charge >= 0.3 is 0 Å². The molecule has 88 valence electrons. The summed E-state index contributed by atoms with van der Waals surface area (Å²) in [5.41, 5.74) is 0. The summed E-state index contributed by atoms with van der Waals surface area (Å²) in [4.78, 5) is 22.5. The van der Waals surface area contributed by atoms with E-state index in [1.807, 2.05) is 13.8 Å². The monoisotopic (exact) mass is 215 g/mol. The molecular formula is C10H21N3O2. The predicted molar refractivity (Wildman–Crippen MR) is 59.4 cm³/mol. The topological polar surface area (TPSA) is 70.2 Å². The molecule has 0 aromatic heterocycles. The summed E-state index contributed by atoms with van der Waals surface area (Å²) in [7, 11) is 1.79. The second-order valence-corrected chi connectivity index (χ2v) is 3.53. The van der Waals surface area contributed by atoms with Crippen LogP contribution in [0.5, 0.6) is 0 Å². The number of carbonyl (C=O) groups is 2. The number of rotatable bonds is 7. The Morgan fingerprint density at radius 2 is 1.93 bits per heavy atom. The second kappa shape index (κ2) is 8.23. The largest absolute Gasteiger partial charge is 0.355 e. The lowest BCUT2D eigenvalue weighted by atomic mass is 10.1. The zero-order valence-corrected chi connectivity index (χ0v) is 9.72. The first-order valence-electron chi connectivity index (χ1n) is 5.30. The normalized spacial score (nSPS) is 11.9. The van der Waals surface area contributed by atoms with E-state index in [2.05, 4.69) is 16.0 Å². The van der Waals surface area contributed by atoms with Crippen LogP contribution in [-0.4, -0.2) is 38.5 Å². The Bertz CT molecular complexity index is 207. The fraction of sp³-hybridized carbons (Fsp3) is 0.800. The Hall–Kier alpha value is -1.10. The average molecular weight is 215 g/mol. The van der Waals surface area contributed by atoms with Gasteiger partial charge in [-0.25, -0.2) is 0 Å². The van der Waals surface area contributed by atoms with Gasteiger partial charge in [-0.1, -0.05) is 13.8 Å². The van der Waals surface area contributed by atoms with E-state index in [4.69, 9.17) is 0 Å². The lowest BCUT2D eigenvalue weighted by Crippen LogP contribution is -2.41. The van der Waals surface area contributed by atoms with Crippen LogP contribution in [0, 0.1) is 5.92 Å². The number of amides is 2. The van der Waals surface area contributed by atoms with Crippen molar-refractivity contribution in [2.75, 3.05) is 26.7 Å². The van der Waals surface area contributed by atoms with Crippen molar-refractivity contribution in [1.82, 2.24) is 16.0 Å². The van der Waals surface area contributed by atoms with E-state index >= 15 is 0 Å². The Morgan fingerprint density at radius 3 is 2.47 bits per heavy atom. The highest BCUT2D eigenvalue weighted by Crippen LogP contribution is 1.90. The first-order valence-corrected chi connectivity index (χ1v) is 5.30. The van der Waals surface area contributed by atoms with Gasteiger partial charge in [-0.15, -0.1) is 0 Å². The maximum atomic E-state index is 11.4. The average Bonchev–Trinajstić information content (AvgIpc) is 2.23. The first kappa shape index (κ1) is 13.9. The molecule has 15 heavy (non-hydrogen) atoms. The fourth-order valence-corrected chi connectivity index (χ4v) is 1.07. The molecule has 5 nitrogen and oxygen atoms in total. The molecule has 0 rings (SSSR count). The number of hydrogen-bond donors (Lipinski definition) is 3. The molecule has 0 heterocycles. The van der Waals surface area contributed by atoms with E-state index in [1.165, 1.54) is 0 Å². The lowest BCUT2D eigenvalue weighted by molar-refractivity contribution is -0.128. The number of nitrogens with one attached hydrogen (secondary N) is 3. The molecule has 2 amide bonds. The summed E-state index contributed by atoms with van der Waals surface area (Å²) in [6.45, 7) is 5.12. The molecule has 0 aromatic carbocycles. The van der Waals surface area contributed by atoms with Gasteiger partial charge in [-0.2, -0.15) is 0 Å². The Morgan fingerprint density at radius 1 is 1.27 bits per heavy atom. The van der Waals surface area contributed by atoms with Crippen LogP contribution in [0.3, 0.4) is 0 Å². The fourth-order valence-electron chi connectivity index (χ4n) is 1.07. The zero-order chi connectivity index (χ0) is 11.7. The molecule has 5 heteroatoms. The van der Waals surface area contributed by atoms with Gasteiger partial charge in [0.05, 0.1) is 6.54 Å². The molecule has 3 N–H and O–H groups in total. The van der Waals surface area contributed by atoms with Crippen LogP contribution >= 0.6 is 0 Å². The minimum atomic E-state index is -0.137. The van der Waals surface area contributed by atoms with Gasteiger partial charge in [0.15, 0.2) is 0 Å². The highest BCUT2D eigenvalue weighted by atomic mass is 16.2. The van der Waals surface area contributed by atoms with E-state index < -0.39 is 0 Å². The first-order chi connectivity index (χ1) is 7.11. The minimum Gasteiger partial charge on any atom is -0.355 e. The molecule has 0 fully saturated rings.